The van der Waals surface area contributed by atoms with Crippen LogP contribution in [-0.4, -0.2) is 13.5 Å². The molecule has 0 bridgehead atoms. The Morgan fingerprint density at radius 1 is 1.22 bits per heavy atom. The number of hydrogen-bond acceptors (Lipinski definition) is 4. The van der Waals surface area contributed by atoms with E-state index in [0.29, 0.717) is 10.6 Å². The summed E-state index contributed by atoms with van der Waals surface area (Å²) < 4.78 is 27.7. The fourth-order valence-corrected chi connectivity index (χ4v) is 4.13. The maximum Gasteiger partial charge on any atom is 0.263 e. The van der Waals surface area contributed by atoms with Gasteiger partial charge in [-0.2, -0.15) is 0 Å². The maximum absolute atomic E-state index is 12.1. The van der Waals surface area contributed by atoms with Crippen LogP contribution in [0.25, 0.3) is 0 Å². The second-order valence-corrected chi connectivity index (χ2v) is 7.38. The lowest BCUT2D eigenvalue weighted by Crippen LogP contribution is -2.13. The number of sulfonamides is 1. The minimum absolute atomic E-state index is 0.133. The third kappa shape index (κ3) is 3.02. The third-order valence-electron chi connectivity index (χ3n) is 2.23. The highest BCUT2D eigenvalue weighted by molar-refractivity contribution is 14.1. The zero-order valence-corrected chi connectivity index (χ0v) is 12.9. The van der Waals surface area contributed by atoms with Gasteiger partial charge < -0.3 is 5.11 Å². The van der Waals surface area contributed by atoms with Crippen LogP contribution in [0.2, 0.25) is 0 Å². The Morgan fingerprint density at radius 2 is 1.89 bits per heavy atom. The highest BCUT2D eigenvalue weighted by atomic mass is 127. The summed E-state index contributed by atoms with van der Waals surface area (Å²) in [6.45, 7) is -0.277. The van der Waals surface area contributed by atoms with E-state index < -0.39 is 10.0 Å². The number of rotatable bonds is 4. The average molecular weight is 395 g/mol. The van der Waals surface area contributed by atoms with Gasteiger partial charge in [-0.3, -0.25) is 4.72 Å². The van der Waals surface area contributed by atoms with Gasteiger partial charge in [-0.15, -0.1) is 11.3 Å². The minimum Gasteiger partial charge on any atom is -0.391 e. The summed E-state index contributed by atoms with van der Waals surface area (Å²) >= 11 is 3.37. The van der Waals surface area contributed by atoms with Crippen LogP contribution in [-0.2, 0) is 16.6 Å². The van der Waals surface area contributed by atoms with Crippen LogP contribution in [0.1, 0.15) is 4.88 Å². The molecule has 18 heavy (non-hydrogen) atoms. The Balaban J connectivity index is 2.30. The van der Waals surface area contributed by atoms with Gasteiger partial charge in [-0.25, -0.2) is 8.42 Å². The monoisotopic (exact) mass is 395 g/mol. The number of aliphatic hydroxyl groups is 1. The Labute approximate surface area is 123 Å². The van der Waals surface area contributed by atoms with Gasteiger partial charge >= 0.3 is 0 Å². The molecule has 4 nitrogen and oxygen atoms in total. The highest BCUT2D eigenvalue weighted by Crippen LogP contribution is 2.24. The average Bonchev–Trinajstić information content (AvgIpc) is 2.81. The van der Waals surface area contributed by atoms with E-state index in [-0.39, 0.29) is 11.5 Å². The Hall–Kier alpha value is -0.640. The van der Waals surface area contributed by atoms with Crippen molar-refractivity contribution in [3.8, 4) is 0 Å². The number of benzene rings is 1. The molecule has 0 spiro atoms. The molecular formula is C11H10INO3S2. The smallest absolute Gasteiger partial charge is 0.263 e. The van der Waals surface area contributed by atoms with E-state index in [1.807, 2.05) is 12.1 Å². The summed E-state index contributed by atoms with van der Waals surface area (Å²) in [6.07, 6.45) is 0. The molecule has 0 unspecified atom stereocenters. The molecule has 96 valence electrons. The lowest BCUT2D eigenvalue weighted by atomic mass is 10.3. The SMILES string of the molecule is O=S(=O)(Nc1ccc(I)cc1)c1ccsc1CO. The molecule has 2 rings (SSSR count). The fraction of sp³-hybridized carbons (Fsp3) is 0.0909. The van der Waals surface area contributed by atoms with Crippen molar-refractivity contribution in [2.75, 3.05) is 4.72 Å². The maximum atomic E-state index is 12.1. The van der Waals surface area contributed by atoms with Crippen LogP contribution in [0.3, 0.4) is 0 Å². The van der Waals surface area contributed by atoms with Crippen molar-refractivity contribution in [3.05, 3.63) is 44.2 Å². The summed E-state index contributed by atoms with van der Waals surface area (Å²) in [7, 11) is -3.63. The number of hydrogen-bond donors (Lipinski definition) is 2. The van der Waals surface area contributed by atoms with E-state index in [1.165, 1.54) is 17.4 Å². The van der Waals surface area contributed by atoms with Crippen molar-refractivity contribution < 1.29 is 13.5 Å². The van der Waals surface area contributed by atoms with E-state index in [0.717, 1.165) is 3.57 Å². The summed E-state index contributed by atoms with van der Waals surface area (Å²) in [5.74, 6) is 0. The number of halogens is 1. The van der Waals surface area contributed by atoms with Crippen LogP contribution in [0.5, 0.6) is 0 Å². The number of nitrogens with one attached hydrogen (secondary N) is 1. The largest absolute Gasteiger partial charge is 0.391 e. The molecule has 0 saturated heterocycles. The molecule has 0 atom stereocenters. The molecule has 1 aromatic heterocycles. The van der Waals surface area contributed by atoms with Gasteiger partial charge in [0, 0.05) is 9.26 Å². The molecule has 0 amide bonds. The highest BCUT2D eigenvalue weighted by Gasteiger charge is 2.19. The molecule has 0 saturated carbocycles. The van der Waals surface area contributed by atoms with Crippen molar-refractivity contribution in [2.24, 2.45) is 0 Å². The topological polar surface area (TPSA) is 66.4 Å². The predicted octanol–water partition coefficient (Wildman–Crippen LogP) is 2.65. The number of anilines is 1. The van der Waals surface area contributed by atoms with Crippen LogP contribution >= 0.6 is 33.9 Å². The Morgan fingerprint density at radius 3 is 2.50 bits per heavy atom. The molecular weight excluding hydrogens is 385 g/mol. The van der Waals surface area contributed by atoms with E-state index >= 15 is 0 Å². The first-order chi connectivity index (χ1) is 8.53. The summed E-state index contributed by atoms with van der Waals surface area (Å²) in [5, 5.41) is 10.7. The third-order valence-corrected chi connectivity index (χ3v) is 5.45. The van der Waals surface area contributed by atoms with Gasteiger partial charge in [0.15, 0.2) is 0 Å². The van der Waals surface area contributed by atoms with Crippen LogP contribution in [0, 0.1) is 3.57 Å². The van der Waals surface area contributed by atoms with Gasteiger partial charge in [0.2, 0.25) is 0 Å². The zero-order chi connectivity index (χ0) is 13.2. The molecule has 0 aliphatic carbocycles. The molecule has 0 aliphatic heterocycles. The van der Waals surface area contributed by atoms with Crippen LogP contribution < -0.4 is 4.72 Å². The molecule has 1 heterocycles. The van der Waals surface area contributed by atoms with Crippen molar-refractivity contribution in [1.82, 2.24) is 0 Å². The lowest BCUT2D eigenvalue weighted by molar-refractivity contribution is 0.282. The zero-order valence-electron chi connectivity index (χ0n) is 9.13. The Kier molecular flexibility index (Phi) is 4.25. The van der Waals surface area contributed by atoms with E-state index in [1.54, 1.807) is 17.5 Å². The summed E-state index contributed by atoms with van der Waals surface area (Å²) in [5.41, 5.74) is 0.505. The van der Waals surface area contributed by atoms with Gasteiger partial charge in [-0.1, -0.05) is 0 Å². The van der Waals surface area contributed by atoms with E-state index in [2.05, 4.69) is 27.3 Å². The molecule has 0 aliphatic rings. The Bertz CT molecular complexity index is 635. The van der Waals surface area contributed by atoms with Gasteiger partial charge in [0.25, 0.3) is 10.0 Å². The normalized spacial score (nSPS) is 11.4. The van der Waals surface area contributed by atoms with Gasteiger partial charge in [0.1, 0.15) is 4.90 Å². The number of aliphatic hydroxyl groups excluding tert-OH is 1. The quantitative estimate of drug-likeness (QED) is 0.783. The summed E-state index contributed by atoms with van der Waals surface area (Å²) in [6, 6.07) is 8.53. The second-order valence-electron chi connectivity index (χ2n) is 3.48. The fourth-order valence-electron chi connectivity index (χ4n) is 1.41. The van der Waals surface area contributed by atoms with E-state index in [4.69, 9.17) is 5.11 Å². The lowest BCUT2D eigenvalue weighted by Gasteiger charge is -2.08. The van der Waals surface area contributed by atoms with Crippen LogP contribution in [0.15, 0.2) is 40.6 Å². The van der Waals surface area contributed by atoms with Gasteiger partial charge in [0.05, 0.1) is 11.5 Å². The first-order valence-corrected chi connectivity index (χ1v) is 8.43. The molecule has 2 N–H and O–H groups in total. The van der Waals surface area contributed by atoms with Gasteiger partial charge in [-0.05, 0) is 58.3 Å². The van der Waals surface area contributed by atoms with Crippen molar-refractivity contribution in [1.29, 1.82) is 0 Å². The second kappa shape index (κ2) is 5.55. The standard InChI is InChI=1S/C11H10INO3S2/c12-8-1-3-9(4-2-8)13-18(15,16)11-5-6-17-10(11)7-14/h1-6,13-14H,7H2. The van der Waals surface area contributed by atoms with Crippen molar-refractivity contribution in [3.63, 3.8) is 0 Å². The molecule has 7 heteroatoms. The molecule has 0 fully saturated rings. The minimum atomic E-state index is -3.63. The first-order valence-electron chi connectivity index (χ1n) is 4.98. The molecule has 1 aromatic carbocycles. The predicted molar refractivity (Wildman–Crippen MR) is 80.2 cm³/mol. The first kappa shape index (κ1) is 13.8. The number of thiophene rings is 1. The molecule has 2 aromatic rings. The van der Waals surface area contributed by atoms with E-state index in [9.17, 15) is 8.42 Å². The van der Waals surface area contributed by atoms with Crippen LogP contribution in [0.4, 0.5) is 5.69 Å². The summed E-state index contributed by atoms with van der Waals surface area (Å²) in [4.78, 5) is 0.571. The molecule has 0 radical (unpaired) electrons. The van der Waals surface area contributed by atoms with Crippen molar-refractivity contribution in [2.45, 2.75) is 11.5 Å². The van der Waals surface area contributed by atoms with Crippen molar-refractivity contribution >= 4 is 49.6 Å².